The van der Waals surface area contributed by atoms with Gasteiger partial charge in [-0.15, -0.1) is 0 Å². The number of halogens is 2. The van der Waals surface area contributed by atoms with Crippen LogP contribution in [-0.4, -0.2) is 52.9 Å². The molecule has 15 heteroatoms. The molecular formula is C31H34F2N6O6S. The first-order valence-electron chi connectivity index (χ1n) is 14.6. The number of fused-ring (bicyclic) bond motifs is 2. The quantitative estimate of drug-likeness (QED) is 0.161. The van der Waals surface area contributed by atoms with Crippen molar-refractivity contribution < 1.29 is 32.2 Å². The first kappa shape index (κ1) is 32.8. The average molecular weight is 657 g/mol. The number of rotatable bonds is 10. The Balaban J connectivity index is 1.41. The molecule has 2 heterocycles. The minimum atomic E-state index is -2.80. The van der Waals surface area contributed by atoms with Crippen LogP contribution in [-0.2, 0) is 42.5 Å². The van der Waals surface area contributed by atoms with Gasteiger partial charge in [-0.1, -0.05) is 17.7 Å². The number of imidazole rings is 1. The SMILES string of the molecule is Cc1cc(C)c(N(C(CNC(=O)c2cn(C)c3c(F)c(CNc4nc5c([nH]4)CCCC5)c(F)cc3c2=O)C(=O)O)S(=O)O)c(C)c1. The van der Waals surface area contributed by atoms with Gasteiger partial charge in [0.25, 0.3) is 17.2 Å². The predicted molar refractivity (Wildman–Crippen MR) is 169 cm³/mol. The summed E-state index contributed by atoms with van der Waals surface area (Å²) in [4.78, 5) is 46.4. The van der Waals surface area contributed by atoms with Crippen molar-refractivity contribution in [2.75, 3.05) is 16.2 Å². The van der Waals surface area contributed by atoms with Gasteiger partial charge < -0.3 is 25.3 Å². The number of nitrogens with zero attached hydrogens (tertiary/aromatic N) is 3. The van der Waals surface area contributed by atoms with E-state index in [1.165, 1.54) is 11.6 Å². The number of nitrogens with one attached hydrogen (secondary N) is 3. The summed E-state index contributed by atoms with van der Waals surface area (Å²) in [6.07, 6.45) is 4.81. The number of hydrogen-bond donors (Lipinski definition) is 5. The summed E-state index contributed by atoms with van der Waals surface area (Å²) in [5, 5.41) is 14.8. The molecule has 0 saturated heterocycles. The van der Waals surface area contributed by atoms with Gasteiger partial charge in [0.1, 0.15) is 11.4 Å². The number of benzene rings is 2. The molecule has 0 radical (unpaired) electrons. The lowest BCUT2D eigenvalue weighted by molar-refractivity contribution is -0.138. The number of carboxylic acid groups (broad SMARTS) is 1. The molecule has 2 aromatic heterocycles. The molecule has 0 spiro atoms. The van der Waals surface area contributed by atoms with Crippen LogP contribution in [0.3, 0.4) is 0 Å². The summed E-state index contributed by atoms with van der Waals surface area (Å²) in [6, 6.07) is 2.61. The van der Waals surface area contributed by atoms with Crippen molar-refractivity contribution in [2.45, 2.75) is 59.0 Å². The summed E-state index contributed by atoms with van der Waals surface area (Å²) in [5.74, 6) is -4.13. The number of aromatic nitrogens is 3. The van der Waals surface area contributed by atoms with Gasteiger partial charge in [0, 0.05) is 31.0 Å². The summed E-state index contributed by atoms with van der Waals surface area (Å²) in [7, 11) is 1.39. The fraction of sp³-hybridized carbons (Fsp3) is 0.355. The van der Waals surface area contributed by atoms with E-state index in [4.69, 9.17) is 0 Å². The van der Waals surface area contributed by atoms with Crippen LogP contribution in [0.1, 0.15) is 56.8 Å². The number of aliphatic carboxylic acids is 1. The van der Waals surface area contributed by atoms with E-state index >= 15 is 8.78 Å². The Morgan fingerprint density at radius 3 is 2.46 bits per heavy atom. The number of hydrogen-bond acceptors (Lipinski definition) is 6. The molecule has 244 valence electrons. The fourth-order valence-electron chi connectivity index (χ4n) is 6.08. The number of amides is 1. The summed E-state index contributed by atoms with van der Waals surface area (Å²) < 4.78 is 55.3. The molecule has 1 aliphatic rings. The smallest absolute Gasteiger partial charge is 0.329 e. The molecule has 46 heavy (non-hydrogen) atoms. The van der Waals surface area contributed by atoms with Crippen LogP contribution in [0.25, 0.3) is 10.9 Å². The lowest BCUT2D eigenvalue weighted by Gasteiger charge is -2.30. The summed E-state index contributed by atoms with van der Waals surface area (Å²) in [5.41, 5.74) is 2.06. The van der Waals surface area contributed by atoms with E-state index in [9.17, 15) is 28.3 Å². The maximum Gasteiger partial charge on any atom is 0.329 e. The number of anilines is 2. The Morgan fingerprint density at radius 2 is 1.83 bits per heavy atom. The normalized spacial score (nSPS) is 14.1. The first-order valence-corrected chi connectivity index (χ1v) is 15.7. The van der Waals surface area contributed by atoms with E-state index in [0.717, 1.165) is 59.2 Å². The number of carbonyl (C=O) groups is 2. The zero-order valence-electron chi connectivity index (χ0n) is 25.7. The van der Waals surface area contributed by atoms with E-state index in [-0.39, 0.29) is 28.7 Å². The Labute approximate surface area is 265 Å². The Hall–Kier alpha value is -4.63. The van der Waals surface area contributed by atoms with Gasteiger partial charge >= 0.3 is 5.97 Å². The van der Waals surface area contributed by atoms with Gasteiger partial charge in [-0.05, 0) is 63.6 Å². The standard InChI is InChI=1S/C31H34F2N6O6S/c1-15-9-16(2)26(17(3)10-15)39(46(44)45)24(30(42)43)13-34-29(41)20-14-38(4)27-18(28(20)40)11-21(32)19(25(27)33)12-35-31-36-22-7-5-6-8-23(22)37-31/h9-11,14,24H,5-8,12-13H2,1-4H3,(H,34,41)(H,42,43)(H,44,45)(H2,35,36,37). The van der Waals surface area contributed by atoms with Crippen molar-refractivity contribution in [3.8, 4) is 0 Å². The highest BCUT2D eigenvalue weighted by atomic mass is 32.2. The minimum Gasteiger partial charge on any atom is -0.480 e. The van der Waals surface area contributed by atoms with Gasteiger partial charge in [0.15, 0.2) is 11.9 Å². The topological polar surface area (TPSA) is 170 Å². The van der Waals surface area contributed by atoms with E-state index in [1.807, 2.05) is 6.92 Å². The summed E-state index contributed by atoms with van der Waals surface area (Å²) in [6.45, 7) is 4.22. The molecule has 1 amide bonds. The second-order valence-corrected chi connectivity index (χ2v) is 12.3. The number of pyridine rings is 1. The van der Waals surface area contributed by atoms with Crippen molar-refractivity contribution in [3.63, 3.8) is 0 Å². The second kappa shape index (κ2) is 13.0. The second-order valence-electron chi connectivity index (χ2n) is 11.5. The molecule has 0 saturated carbocycles. The van der Waals surface area contributed by atoms with Gasteiger partial charge in [0.05, 0.1) is 28.8 Å². The maximum atomic E-state index is 15.7. The third-order valence-corrected chi connectivity index (χ3v) is 8.91. The zero-order chi connectivity index (χ0) is 33.4. The lowest BCUT2D eigenvalue weighted by Crippen LogP contribution is -2.50. The van der Waals surface area contributed by atoms with Crippen LogP contribution < -0.4 is 20.4 Å². The predicted octanol–water partition coefficient (Wildman–Crippen LogP) is 3.78. The molecule has 1 aliphatic carbocycles. The number of carboxylic acids is 1. The minimum absolute atomic E-state index is 0.206. The van der Waals surface area contributed by atoms with Crippen LogP contribution >= 0.6 is 0 Å². The molecular weight excluding hydrogens is 622 g/mol. The molecule has 0 aliphatic heterocycles. The van der Waals surface area contributed by atoms with Crippen molar-refractivity contribution >= 4 is 45.7 Å². The van der Waals surface area contributed by atoms with Gasteiger partial charge in [-0.2, -0.15) is 0 Å². The maximum absolute atomic E-state index is 15.7. The highest BCUT2D eigenvalue weighted by molar-refractivity contribution is 7.80. The van der Waals surface area contributed by atoms with Crippen LogP contribution in [0.15, 0.2) is 29.2 Å². The molecule has 5 N–H and O–H groups in total. The molecule has 0 fully saturated rings. The molecule has 5 rings (SSSR count). The van der Waals surface area contributed by atoms with E-state index in [2.05, 4.69) is 20.6 Å². The Kier molecular flexibility index (Phi) is 9.26. The molecule has 4 aromatic rings. The first-order chi connectivity index (χ1) is 21.8. The zero-order valence-corrected chi connectivity index (χ0v) is 26.5. The third-order valence-electron chi connectivity index (χ3n) is 8.13. The highest BCUT2D eigenvalue weighted by Crippen LogP contribution is 2.29. The van der Waals surface area contributed by atoms with Crippen molar-refractivity contribution in [1.29, 1.82) is 0 Å². The number of carbonyl (C=O) groups excluding carboxylic acids is 1. The highest BCUT2D eigenvalue weighted by Gasteiger charge is 2.33. The van der Waals surface area contributed by atoms with E-state index < -0.39 is 58.4 Å². The van der Waals surface area contributed by atoms with Crippen molar-refractivity contribution in [1.82, 2.24) is 19.9 Å². The van der Waals surface area contributed by atoms with E-state index in [0.29, 0.717) is 17.1 Å². The summed E-state index contributed by atoms with van der Waals surface area (Å²) >= 11 is -2.80. The molecule has 2 atom stereocenters. The molecule has 2 unspecified atom stereocenters. The van der Waals surface area contributed by atoms with E-state index in [1.54, 1.807) is 26.0 Å². The lowest BCUT2D eigenvalue weighted by atomic mass is 10.0. The van der Waals surface area contributed by atoms with Crippen LogP contribution in [0, 0.1) is 32.4 Å². The Morgan fingerprint density at radius 1 is 1.15 bits per heavy atom. The molecule has 0 bridgehead atoms. The van der Waals surface area contributed by atoms with Crippen molar-refractivity contribution in [3.05, 3.63) is 85.5 Å². The number of aryl methyl sites for hydroxylation is 6. The van der Waals surface area contributed by atoms with Crippen molar-refractivity contribution in [2.24, 2.45) is 7.05 Å². The fourth-order valence-corrected chi connectivity index (χ4v) is 6.91. The molecule has 2 aromatic carbocycles. The van der Waals surface area contributed by atoms with Gasteiger partial charge in [-0.3, -0.25) is 18.4 Å². The molecule has 12 nitrogen and oxygen atoms in total. The van der Waals surface area contributed by atoms with Crippen LogP contribution in [0.5, 0.6) is 0 Å². The van der Waals surface area contributed by atoms with Crippen LogP contribution in [0.2, 0.25) is 0 Å². The number of H-pyrrole nitrogens is 1. The Bertz CT molecular complexity index is 1910. The average Bonchev–Trinajstić information content (AvgIpc) is 3.40. The number of aromatic amines is 1. The van der Waals surface area contributed by atoms with Crippen LogP contribution in [0.4, 0.5) is 20.4 Å². The largest absolute Gasteiger partial charge is 0.480 e. The third kappa shape index (κ3) is 6.24. The monoisotopic (exact) mass is 656 g/mol. The van der Waals surface area contributed by atoms with Gasteiger partial charge in [0.2, 0.25) is 11.4 Å². The van der Waals surface area contributed by atoms with Gasteiger partial charge in [-0.25, -0.2) is 22.8 Å².